The quantitative estimate of drug-likeness (QED) is 0.848. The molecule has 1 amide bonds. The molecule has 4 heteroatoms. The fourth-order valence-corrected chi connectivity index (χ4v) is 3.10. The number of benzene rings is 1. The first kappa shape index (κ1) is 17.0. The summed E-state index contributed by atoms with van der Waals surface area (Å²) in [6, 6.07) is 10.2. The van der Waals surface area contributed by atoms with E-state index in [1.165, 1.54) is 19.3 Å². The van der Waals surface area contributed by atoms with Crippen molar-refractivity contribution in [2.45, 2.75) is 45.2 Å². The minimum atomic E-state index is -0.255. The van der Waals surface area contributed by atoms with Crippen molar-refractivity contribution in [3.8, 4) is 0 Å². The van der Waals surface area contributed by atoms with Crippen molar-refractivity contribution in [1.29, 1.82) is 0 Å². The van der Waals surface area contributed by atoms with Crippen molar-refractivity contribution in [3.05, 3.63) is 35.9 Å². The van der Waals surface area contributed by atoms with E-state index < -0.39 is 0 Å². The van der Waals surface area contributed by atoms with Gasteiger partial charge in [0.05, 0.1) is 5.92 Å². The number of nitrogens with zero attached hydrogens (tertiary/aromatic N) is 1. The lowest BCUT2D eigenvalue weighted by Gasteiger charge is -2.33. The monoisotopic (exact) mass is 303 g/mol. The molecular formula is C18H29N3O. The summed E-state index contributed by atoms with van der Waals surface area (Å²) in [5.41, 5.74) is 7.21. The van der Waals surface area contributed by atoms with E-state index >= 15 is 0 Å². The van der Waals surface area contributed by atoms with Crippen molar-refractivity contribution in [1.82, 2.24) is 10.2 Å². The summed E-state index contributed by atoms with van der Waals surface area (Å²) in [7, 11) is 0. The molecule has 0 aromatic heterocycles. The second-order valence-corrected chi connectivity index (χ2v) is 6.40. The van der Waals surface area contributed by atoms with Crippen LogP contribution in [-0.2, 0) is 4.79 Å². The summed E-state index contributed by atoms with van der Waals surface area (Å²) >= 11 is 0. The predicted octanol–water partition coefficient (Wildman–Crippen LogP) is 2.31. The van der Waals surface area contributed by atoms with Gasteiger partial charge in [0.15, 0.2) is 0 Å². The molecule has 0 spiro atoms. The van der Waals surface area contributed by atoms with Gasteiger partial charge in [-0.2, -0.15) is 0 Å². The van der Waals surface area contributed by atoms with Crippen LogP contribution in [-0.4, -0.2) is 36.5 Å². The SMILES string of the molecule is CC(C(=O)NCCN1CCCCC1C)C(N)c1ccccc1. The largest absolute Gasteiger partial charge is 0.355 e. The van der Waals surface area contributed by atoms with Crippen LogP contribution >= 0.6 is 0 Å². The van der Waals surface area contributed by atoms with Gasteiger partial charge >= 0.3 is 0 Å². The maximum atomic E-state index is 12.3. The summed E-state index contributed by atoms with van der Waals surface area (Å²) in [5.74, 6) is -0.179. The van der Waals surface area contributed by atoms with Gasteiger partial charge in [-0.1, -0.05) is 43.7 Å². The lowest BCUT2D eigenvalue weighted by atomic mass is 9.95. The van der Waals surface area contributed by atoms with Gasteiger partial charge in [0, 0.05) is 25.2 Å². The maximum absolute atomic E-state index is 12.3. The fourth-order valence-electron chi connectivity index (χ4n) is 3.10. The van der Waals surface area contributed by atoms with Gasteiger partial charge in [-0.15, -0.1) is 0 Å². The van der Waals surface area contributed by atoms with Crippen LogP contribution in [0, 0.1) is 5.92 Å². The van der Waals surface area contributed by atoms with Crippen molar-refractivity contribution < 1.29 is 4.79 Å². The van der Waals surface area contributed by atoms with Crippen LogP contribution in [0.2, 0.25) is 0 Å². The van der Waals surface area contributed by atoms with Crippen LogP contribution in [0.25, 0.3) is 0 Å². The molecule has 1 saturated heterocycles. The average Bonchev–Trinajstić information content (AvgIpc) is 2.56. The molecule has 2 rings (SSSR count). The topological polar surface area (TPSA) is 58.4 Å². The van der Waals surface area contributed by atoms with Crippen LogP contribution < -0.4 is 11.1 Å². The van der Waals surface area contributed by atoms with Crippen molar-refractivity contribution in [2.24, 2.45) is 11.7 Å². The minimum absolute atomic E-state index is 0.0426. The van der Waals surface area contributed by atoms with Gasteiger partial charge in [0.25, 0.3) is 0 Å². The highest BCUT2D eigenvalue weighted by Crippen LogP contribution is 2.19. The van der Waals surface area contributed by atoms with E-state index in [-0.39, 0.29) is 17.9 Å². The molecular weight excluding hydrogens is 274 g/mol. The van der Waals surface area contributed by atoms with E-state index in [9.17, 15) is 4.79 Å². The third kappa shape index (κ3) is 4.55. The molecule has 1 fully saturated rings. The molecule has 3 unspecified atom stereocenters. The van der Waals surface area contributed by atoms with E-state index in [4.69, 9.17) is 5.73 Å². The summed E-state index contributed by atoms with van der Waals surface area (Å²) in [5, 5.41) is 3.04. The Balaban J connectivity index is 1.76. The number of rotatable bonds is 6. The minimum Gasteiger partial charge on any atom is -0.355 e. The molecule has 1 heterocycles. The molecule has 0 bridgehead atoms. The number of piperidine rings is 1. The number of hydrogen-bond donors (Lipinski definition) is 2. The molecule has 0 aliphatic carbocycles. The van der Waals surface area contributed by atoms with Crippen LogP contribution in [0.3, 0.4) is 0 Å². The Kier molecular flexibility index (Phi) is 6.40. The lowest BCUT2D eigenvalue weighted by molar-refractivity contribution is -0.125. The number of likely N-dealkylation sites (tertiary alicyclic amines) is 1. The molecule has 22 heavy (non-hydrogen) atoms. The number of carbonyl (C=O) groups is 1. The van der Waals surface area contributed by atoms with Crippen molar-refractivity contribution >= 4 is 5.91 Å². The zero-order valence-electron chi connectivity index (χ0n) is 13.8. The second kappa shape index (κ2) is 8.30. The predicted molar refractivity (Wildman–Crippen MR) is 90.4 cm³/mol. The van der Waals surface area contributed by atoms with E-state index in [0.29, 0.717) is 12.6 Å². The first-order chi connectivity index (χ1) is 10.6. The average molecular weight is 303 g/mol. The van der Waals surface area contributed by atoms with E-state index in [1.807, 2.05) is 37.3 Å². The Morgan fingerprint density at radius 3 is 2.77 bits per heavy atom. The smallest absolute Gasteiger partial charge is 0.224 e. The normalized spacial score (nSPS) is 22.0. The first-order valence-electron chi connectivity index (χ1n) is 8.42. The van der Waals surface area contributed by atoms with Crippen LogP contribution in [0.5, 0.6) is 0 Å². The van der Waals surface area contributed by atoms with Crippen LogP contribution in [0.15, 0.2) is 30.3 Å². The van der Waals surface area contributed by atoms with Crippen molar-refractivity contribution in [2.75, 3.05) is 19.6 Å². The molecule has 0 saturated carbocycles. The molecule has 1 aromatic rings. The fraction of sp³-hybridized carbons (Fsp3) is 0.611. The molecule has 1 aliphatic rings. The maximum Gasteiger partial charge on any atom is 0.224 e. The summed E-state index contributed by atoms with van der Waals surface area (Å²) in [4.78, 5) is 14.7. The van der Waals surface area contributed by atoms with Gasteiger partial charge in [-0.25, -0.2) is 0 Å². The number of nitrogens with two attached hydrogens (primary N) is 1. The molecule has 122 valence electrons. The highest BCUT2D eigenvalue weighted by Gasteiger charge is 2.22. The Labute approximate surface area is 134 Å². The number of nitrogens with one attached hydrogen (secondary N) is 1. The van der Waals surface area contributed by atoms with E-state index in [1.54, 1.807) is 0 Å². The summed E-state index contributed by atoms with van der Waals surface area (Å²) < 4.78 is 0. The van der Waals surface area contributed by atoms with Gasteiger partial charge < -0.3 is 11.1 Å². The molecule has 3 N–H and O–H groups in total. The standard InChI is InChI=1S/C18H29N3O/c1-14-8-6-7-12-21(14)13-11-20-18(22)15(2)17(19)16-9-4-3-5-10-16/h3-5,9-10,14-15,17H,6-8,11-13,19H2,1-2H3,(H,20,22). The van der Waals surface area contributed by atoms with Crippen molar-refractivity contribution in [3.63, 3.8) is 0 Å². The second-order valence-electron chi connectivity index (χ2n) is 6.40. The zero-order valence-corrected chi connectivity index (χ0v) is 13.8. The van der Waals surface area contributed by atoms with Gasteiger partial charge in [0.2, 0.25) is 5.91 Å². The summed E-state index contributed by atoms with van der Waals surface area (Å²) in [6.07, 6.45) is 3.86. The van der Waals surface area contributed by atoms with E-state index in [2.05, 4.69) is 17.1 Å². The Morgan fingerprint density at radius 1 is 1.36 bits per heavy atom. The Bertz CT molecular complexity index is 463. The third-order valence-electron chi connectivity index (χ3n) is 4.78. The van der Waals surface area contributed by atoms with Gasteiger partial charge in [0.1, 0.15) is 0 Å². The number of carbonyl (C=O) groups excluding carboxylic acids is 1. The Hall–Kier alpha value is -1.39. The number of amides is 1. The molecule has 3 atom stereocenters. The highest BCUT2D eigenvalue weighted by molar-refractivity contribution is 5.79. The highest BCUT2D eigenvalue weighted by atomic mass is 16.1. The molecule has 1 aromatic carbocycles. The van der Waals surface area contributed by atoms with Gasteiger partial charge in [-0.3, -0.25) is 9.69 Å². The third-order valence-corrected chi connectivity index (χ3v) is 4.78. The van der Waals surface area contributed by atoms with Crippen LogP contribution in [0.4, 0.5) is 0 Å². The first-order valence-corrected chi connectivity index (χ1v) is 8.42. The lowest BCUT2D eigenvalue weighted by Crippen LogP contribution is -2.44. The zero-order chi connectivity index (χ0) is 15.9. The van der Waals surface area contributed by atoms with Crippen LogP contribution in [0.1, 0.15) is 44.7 Å². The Morgan fingerprint density at radius 2 is 2.09 bits per heavy atom. The summed E-state index contributed by atoms with van der Waals surface area (Å²) in [6.45, 7) is 6.96. The molecule has 1 aliphatic heterocycles. The van der Waals surface area contributed by atoms with Gasteiger partial charge in [-0.05, 0) is 31.9 Å². The van der Waals surface area contributed by atoms with E-state index in [0.717, 1.165) is 18.7 Å². The molecule has 0 radical (unpaired) electrons. The molecule has 4 nitrogen and oxygen atoms in total. The number of hydrogen-bond acceptors (Lipinski definition) is 3.